The summed E-state index contributed by atoms with van der Waals surface area (Å²) < 4.78 is 36.2. The number of aromatic nitrogens is 4. The van der Waals surface area contributed by atoms with Crippen LogP contribution in [-0.4, -0.2) is 43.6 Å². The number of nitrogens with zero attached hydrogens (tertiary/aromatic N) is 4. The summed E-state index contributed by atoms with van der Waals surface area (Å²) in [6.07, 6.45) is 4.20. The number of anilines is 1. The molecule has 9 nitrogen and oxygen atoms in total. The van der Waals surface area contributed by atoms with E-state index in [1.807, 2.05) is 0 Å². The van der Waals surface area contributed by atoms with Crippen molar-refractivity contribution >= 4 is 33.7 Å². The zero-order valence-corrected chi connectivity index (χ0v) is 19.0. The van der Waals surface area contributed by atoms with Crippen molar-refractivity contribution in [3.63, 3.8) is 0 Å². The van der Waals surface area contributed by atoms with Crippen LogP contribution in [0.2, 0.25) is 0 Å². The number of H-pyrrole nitrogens is 1. The molecule has 0 spiro atoms. The molecule has 1 saturated heterocycles. The van der Waals surface area contributed by atoms with E-state index in [-0.39, 0.29) is 40.3 Å². The van der Waals surface area contributed by atoms with Crippen LogP contribution < -0.4 is 11.3 Å². The number of hydrogen-bond acceptors (Lipinski definition) is 6. The van der Waals surface area contributed by atoms with Gasteiger partial charge in [-0.15, -0.1) is 0 Å². The molecular weight excluding hydrogens is 470 g/mol. The third kappa shape index (κ3) is 3.45. The largest absolute Gasteiger partial charge is 0.437 e. The standard InChI is InChI=1S/C25H20F2N6O3/c1-2-19(34)32-8-5-15(12-32)33-11-14(20-21(33)23(35)31-30-22(20)28)4-3-13-9-17-18(10-16(13)26)36-24(29-17)25(27)6-7-25/h2,9-11,15H,1,5-8,12H2,(H2,28,30)(H,31,35)/t15-/m0/s1. The molecular formula is C25H20F2N6O3. The van der Waals surface area contributed by atoms with Crippen molar-refractivity contribution in [2.45, 2.75) is 31.0 Å². The molecule has 11 heteroatoms. The number of amides is 1. The molecule has 3 aromatic heterocycles. The highest BCUT2D eigenvalue weighted by atomic mass is 19.1. The average molecular weight is 490 g/mol. The molecule has 1 saturated carbocycles. The van der Waals surface area contributed by atoms with Gasteiger partial charge in [0.05, 0.1) is 22.6 Å². The van der Waals surface area contributed by atoms with Crippen molar-refractivity contribution in [2.24, 2.45) is 0 Å². The summed E-state index contributed by atoms with van der Waals surface area (Å²) in [5.74, 6) is 4.86. The predicted octanol–water partition coefficient (Wildman–Crippen LogP) is 2.90. The fourth-order valence-electron chi connectivity index (χ4n) is 4.61. The fraction of sp³-hybridized carbons (Fsp3) is 0.280. The maximum absolute atomic E-state index is 14.8. The van der Waals surface area contributed by atoms with Crippen molar-refractivity contribution < 1.29 is 18.0 Å². The van der Waals surface area contributed by atoms with Gasteiger partial charge in [0.2, 0.25) is 11.8 Å². The van der Waals surface area contributed by atoms with E-state index in [0.29, 0.717) is 48.8 Å². The van der Waals surface area contributed by atoms with Crippen LogP contribution in [0.25, 0.3) is 22.0 Å². The van der Waals surface area contributed by atoms with Crippen molar-refractivity contribution in [3.8, 4) is 11.8 Å². The highest BCUT2D eigenvalue weighted by Crippen LogP contribution is 2.49. The molecule has 0 radical (unpaired) electrons. The second-order valence-electron chi connectivity index (χ2n) is 9.08. The highest BCUT2D eigenvalue weighted by molar-refractivity contribution is 5.94. The lowest BCUT2D eigenvalue weighted by atomic mass is 10.1. The van der Waals surface area contributed by atoms with Crippen LogP contribution in [0.5, 0.6) is 0 Å². The second-order valence-corrected chi connectivity index (χ2v) is 9.08. The van der Waals surface area contributed by atoms with Crippen molar-refractivity contribution in [1.82, 2.24) is 24.6 Å². The van der Waals surface area contributed by atoms with Crippen LogP contribution >= 0.6 is 0 Å². The van der Waals surface area contributed by atoms with Crippen LogP contribution in [0, 0.1) is 17.7 Å². The zero-order chi connectivity index (χ0) is 25.2. The molecule has 0 bridgehead atoms. The Hall–Kier alpha value is -4.46. The summed E-state index contributed by atoms with van der Waals surface area (Å²) in [6.45, 7) is 4.42. The molecule has 1 atom stereocenters. The first-order chi connectivity index (χ1) is 17.3. The van der Waals surface area contributed by atoms with E-state index < -0.39 is 17.0 Å². The van der Waals surface area contributed by atoms with Gasteiger partial charge >= 0.3 is 0 Å². The van der Waals surface area contributed by atoms with Gasteiger partial charge in [-0.1, -0.05) is 18.4 Å². The van der Waals surface area contributed by atoms with Crippen LogP contribution in [0.4, 0.5) is 14.6 Å². The quantitative estimate of drug-likeness (QED) is 0.336. The molecule has 4 aromatic rings. The molecule has 36 heavy (non-hydrogen) atoms. The number of halogens is 2. The number of carbonyl (C=O) groups excluding carboxylic acids is 1. The maximum Gasteiger partial charge on any atom is 0.288 e. The lowest BCUT2D eigenvalue weighted by Gasteiger charge is -2.16. The molecule has 1 aromatic carbocycles. The molecule has 4 heterocycles. The Labute approximate surface area is 202 Å². The predicted molar refractivity (Wildman–Crippen MR) is 127 cm³/mol. The molecule has 182 valence electrons. The molecule has 2 aliphatic rings. The van der Waals surface area contributed by atoms with Gasteiger partial charge in [0.15, 0.2) is 17.1 Å². The fourth-order valence-corrected chi connectivity index (χ4v) is 4.61. The number of nitrogens with two attached hydrogens (primary N) is 1. The normalized spacial score (nSPS) is 18.4. The number of benzene rings is 1. The number of alkyl halides is 1. The molecule has 6 rings (SSSR count). The monoisotopic (exact) mass is 490 g/mol. The minimum atomic E-state index is -1.58. The average Bonchev–Trinajstić information content (AvgIpc) is 3.25. The van der Waals surface area contributed by atoms with E-state index in [1.54, 1.807) is 15.7 Å². The summed E-state index contributed by atoms with van der Waals surface area (Å²) >= 11 is 0. The Kier molecular flexibility index (Phi) is 4.76. The number of oxazole rings is 1. The summed E-state index contributed by atoms with van der Waals surface area (Å²) in [5, 5.41) is 6.59. The Morgan fingerprint density at radius 1 is 1.33 bits per heavy atom. The van der Waals surface area contributed by atoms with E-state index in [0.717, 1.165) is 6.07 Å². The van der Waals surface area contributed by atoms with Crippen molar-refractivity contribution in [2.75, 3.05) is 18.8 Å². The van der Waals surface area contributed by atoms with Gasteiger partial charge in [-0.25, -0.2) is 18.9 Å². The number of carbonyl (C=O) groups is 1. The van der Waals surface area contributed by atoms with Crippen molar-refractivity contribution in [3.05, 3.63) is 64.2 Å². The Morgan fingerprint density at radius 3 is 2.86 bits per heavy atom. The minimum Gasteiger partial charge on any atom is -0.437 e. The topological polar surface area (TPSA) is 123 Å². The first-order valence-corrected chi connectivity index (χ1v) is 11.4. The molecule has 1 aliphatic heterocycles. The van der Waals surface area contributed by atoms with Gasteiger partial charge in [0.25, 0.3) is 5.56 Å². The number of fused-ring (bicyclic) bond motifs is 2. The number of nitrogen functional groups attached to an aromatic ring is 1. The van der Waals surface area contributed by atoms with E-state index >= 15 is 0 Å². The number of aromatic amines is 1. The van der Waals surface area contributed by atoms with E-state index in [9.17, 15) is 18.4 Å². The third-order valence-corrected chi connectivity index (χ3v) is 6.71. The smallest absolute Gasteiger partial charge is 0.288 e. The number of rotatable bonds is 3. The van der Waals surface area contributed by atoms with Gasteiger partial charge in [0, 0.05) is 25.4 Å². The molecule has 3 N–H and O–H groups in total. The third-order valence-electron chi connectivity index (χ3n) is 6.71. The summed E-state index contributed by atoms with van der Waals surface area (Å²) in [6, 6.07) is 2.35. The van der Waals surface area contributed by atoms with Gasteiger partial charge in [-0.05, 0) is 31.4 Å². The van der Waals surface area contributed by atoms with Gasteiger partial charge in [0.1, 0.15) is 16.9 Å². The summed E-state index contributed by atoms with van der Waals surface area (Å²) in [4.78, 5) is 30.6. The van der Waals surface area contributed by atoms with Crippen LogP contribution in [0.3, 0.4) is 0 Å². The lowest BCUT2D eigenvalue weighted by Crippen LogP contribution is -2.27. The van der Waals surface area contributed by atoms with E-state index in [1.165, 1.54) is 12.1 Å². The molecule has 0 unspecified atom stereocenters. The van der Waals surface area contributed by atoms with Gasteiger partial charge in [-0.2, -0.15) is 5.10 Å². The Morgan fingerprint density at radius 2 is 2.11 bits per heavy atom. The Bertz CT molecular complexity index is 1700. The summed E-state index contributed by atoms with van der Waals surface area (Å²) in [5.41, 5.74) is 5.20. The van der Waals surface area contributed by atoms with Crippen LogP contribution in [0.1, 0.15) is 42.3 Å². The van der Waals surface area contributed by atoms with E-state index in [2.05, 4.69) is 33.6 Å². The van der Waals surface area contributed by atoms with Gasteiger partial charge in [-0.3, -0.25) is 9.59 Å². The summed E-state index contributed by atoms with van der Waals surface area (Å²) in [7, 11) is 0. The molecule has 1 aliphatic carbocycles. The lowest BCUT2D eigenvalue weighted by molar-refractivity contribution is -0.125. The minimum absolute atomic E-state index is 0.0342. The van der Waals surface area contributed by atoms with Crippen LogP contribution in [0.15, 0.2) is 40.2 Å². The molecule has 1 amide bonds. The number of likely N-dealkylation sites (tertiary alicyclic amines) is 1. The van der Waals surface area contributed by atoms with E-state index in [4.69, 9.17) is 10.2 Å². The molecule has 2 fully saturated rings. The van der Waals surface area contributed by atoms with Crippen LogP contribution in [-0.2, 0) is 10.5 Å². The second kappa shape index (κ2) is 7.78. The van der Waals surface area contributed by atoms with Gasteiger partial charge < -0.3 is 19.6 Å². The number of nitrogens with one attached hydrogen (secondary N) is 1. The SMILES string of the molecule is C=CC(=O)N1CC[C@H](n2cc(C#Cc3cc4nc(C5(F)CC5)oc4cc3F)c3c(N)n[nH]c(=O)c32)C1. The maximum atomic E-state index is 14.8. The first-order valence-electron chi connectivity index (χ1n) is 11.4. The first kappa shape index (κ1) is 22.0. The number of hydrogen-bond donors (Lipinski definition) is 2. The van der Waals surface area contributed by atoms with Crippen molar-refractivity contribution in [1.29, 1.82) is 0 Å². The zero-order valence-electron chi connectivity index (χ0n) is 19.0. The Balaban J connectivity index is 1.42. The highest BCUT2D eigenvalue weighted by Gasteiger charge is 2.49.